The van der Waals surface area contributed by atoms with Crippen LogP contribution in [0.1, 0.15) is 12.8 Å². The van der Waals surface area contributed by atoms with Gasteiger partial charge in [0.05, 0.1) is 22.8 Å². The lowest BCUT2D eigenvalue weighted by molar-refractivity contribution is 0.388. The van der Waals surface area contributed by atoms with E-state index in [9.17, 15) is 0 Å². The maximum atomic E-state index is 6.63. The first-order valence-corrected chi connectivity index (χ1v) is 23.5. The molecule has 4 nitrogen and oxygen atoms in total. The standard InChI is InChI=1S/C64H42N2O2/c1-2-17-42(18-3-1)51-37-43-20-4-5-21-44(43)38-52(51)64-50-36-34-45(65-55-25-8-12-29-59(55)67-60-30-13-9-26-56(60)65)39-53(50)63(48-24-16-22-41-19-6-7-23-47(41)48)49-35-33-46(40-54(49)64)66-57-27-10-14-31-61(57)68-62-32-15-11-28-58(62)66/h1-14,16-31,33-40H,15,32H2. The number of rotatable bonds is 5. The second-order valence-corrected chi connectivity index (χ2v) is 17.9. The monoisotopic (exact) mass is 870 g/mol. The smallest absolute Gasteiger partial charge is 0.151 e. The number of anilines is 5. The van der Waals surface area contributed by atoms with Gasteiger partial charge in [0.25, 0.3) is 0 Å². The second kappa shape index (κ2) is 15.4. The first-order valence-electron chi connectivity index (χ1n) is 23.5. The van der Waals surface area contributed by atoms with Crippen LogP contribution in [0.5, 0.6) is 17.2 Å². The molecule has 0 unspecified atom stereocenters. The van der Waals surface area contributed by atoms with Gasteiger partial charge in [-0.15, -0.1) is 0 Å². The topological polar surface area (TPSA) is 24.9 Å². The van der Waals surface area contributed by atoms with E-state index in [-0.39, 0.29) is 0 Å². The Kier molecular flexibility index (Phi) is 8.68. The lowest BCUT2D eigenvalue weighted by Gasteiger charge is -2.35. The molecule has 0 saturated heterocycles. The van der Waals surface area contributed by atoms with Crippen molar-refractivity contribution in [3.63, 3.8) is 0 Å². The number of hydrogen-bond acceptors (Lipinski definition) is 4. The highest BCUT2D eigenvalue weighted by atomic mass is 16.5. The van der Waals surface area contributed by atoms with Gasteiger partial charge < -0.3 is 19.3 Å². The average molecular weight is 871 g/mol. The third kappa shape index (κ3) is 6.01. The molecule has 2 aliphatic heterocycles. The fourth-order valence-electron chi connectivity index (χ4n) is 11.0. The maximum Gasteiger partial charge on any atom is 0.151 e. The van der Waals surface area contributed by atoms with Crippen LogP contribution in [-0.4, -0.2) is 0 Å². The van der Waals surface area contributed by atoms with Crippen LogP contribution in [0.4, 0.5) is 28.4 Å². The van der Waals surface area contributed by atoms with Crippen molar-refractivity contribution in [1.82, 2.24) is 0 Å². The molecule has 0 amide bonds. The van der Waals surface area contributed by atoms with Crippen molar-refractivity contribution in [3.8, 4) is 50.6 Å². The van der Waals surface area contributed by atoms with Crippen LogP contribution in [0.3, 0.4) is 0 Å². The Morgan fingerprint density at radius 3 is 1.57 bits per heavy atom. The van der Waals surface area contributed by atoms with Crippen molar-refractivity contribution in [2.75, 3.05) is 9.80 Å². The van der Waals surface area contributed by atoms with E-state index in [1.165, 1.54) is 76.5 Å². The summed E-state index contributed by atoms with van der Waals surface area (Å²) in [6, 6.07) is 79.4. The molecule has 0 saturated carbocycles. The van der Waals surface area contributed by atoms with E-state index in [1.54, 1.807) is 0 Å². The van der Waals surface area contributed by atoms with Crippen LogP contribution in [0, 0.1) is 0 Å². The third-order valence-electron chi connectivity index (χ3n) is 14.0. The first kappa shape index (κ1) is 38.4. The van der Waals surface area contributed by atoms with Crippen LogP contribution in [0.25, 0.3) is 76.5 Å². The largest absolute Gasteiger partial charge is 0.457 e. The summed E-state index contributed by atoms with van der Waals surface area (Å²) in [6.45, 7) is 0. The molecular formula is C64H42N2O2. The van der Waals surface area contributed by atoms with Crippen molar-refractivity contribution in [2.24, 2.45) is 0 Å². The van der Waals surface area contributed by atoms with Gasteiger partial charge in [-0.25, -0.2) is 0 Å². The zero-order chi connectivity index (χ0) is 44.7. The number of allylic oxidation sites excluding steroid dienone is 3. The van der Waals surface area contributed by atoms with E-state index in [1.807, 2.05) is 12.1 Å². The summed E-state index contributed by atoms with van der Waals surface area (Å²) < 4.78 is 13.2. The Labute approximate surface area is 394 Å². The number of ether oxygens (including phenoxy) is 2. The van der Waals surface area contributed by atoms with Crippen LogP contribution in [0.2, 0.25) is 0 Å². The van der Waals surface area contributed by atoms with Gasteiger partial charge in [0, 0.05) is 17.8 Å². The summed E-state index contributed by atoms with van der Waals surface area (Å²) in [5, 5.41) is 9.50. The zero-order valence-electron chi connectivity index (χ0n) is 37.1. The average Bonchev–Trinajstić information content (AvgIpc) is 3.40. The maximum absolute atomic E-state index is 6.63. The normalized spacial score (nSPS) is 13.8. The predicted octanol–water partition coefficient (Wildman–Crippen LogP) is 18.0. The van der Waals surface area contributed by atoms with Gasteiger partial charge >= 0.3 is 0 Å². The lowest BCUT2D eigenvalue weighted by Crippen LogP contribution is -2.24. The van der Waals surface area contributed by atoms with Gasteiger partial charge in [0.15, 0.2) is 17.2 Å². The van der Waals surface area contributed by atoms with Crippen LogP contribution in [0.15, 0.2) is 242 Å². The molecule has 11 aromatic rings. The molecule has 0 aromatic heterocycles. The molecule has 0 radical (unpaired) electrons. The van der Waals surface area contributed by atoms with Gasteiger partial charge in [-0.2, -0.15) is 0 Å². The highest BCUT2D eigenvalue weighted by molar-refractivity contribution is 6.26. The Bertz CT molecular complexity index is 3890. The summed E-state index contributed by atoms with van der Waals surface area (Å²) in [4.78, 5) is 4.77. The van der Waals surface area contributed by atoms with Gasteiger partial charge in [0.2, 0.25) is 0 Å². The molecule has 1 aliphatic carbocycles. The van der Waals surface area contributed by atoms with Gasteiger partial charge in [-0.1, -0.05) is 152 Å². The van der Waals surface area contributed by atoms with Crippen molar-refractivity contribution >= 4 is 71.5 Å². The molecule has 0 N–H and O–H groups in total. The molecule has 2 heterocycles. The van der Waals surface area contributed by atoms with E-state index >= 15 is 0 Å². The number of para-hydroxylation sites is 6. The molecule has 14 rings (SSSR count). The lowest BCUT2D eigenvalue weighted by atomic mass is 9.82. The van der Waals surface area contributed by atoms with E-state index in [2.05, 4.69) is 228 Å². The summed E-state index contributed by atoms with van der Waals surface area (Å²) in [5.74, 6) is 3.52. The van der Waals surface area contributed by atoms with Crippen LogP contribution >= 0.6 is 0 Å². The molecule has 68 heavy (non-hydrogen) atoms. The van der Waals surface area contributed by atoms with E-state index in [0.717, 1.165) is 70.0 Å². The Morgan fingerprint density at radius 1 is 0.353 bits per heavy atom. The van der Waals surface area contributed by atoms with E-state index in [4.69, 9.17) is 9.47 Å². The molecule has 0 spiro atoms. The van der Waals surface area contributed by atoms with Gasteiger partial charge in [-0.05, 0) is 162 Å². The molecule has 3 aliphatic rings. The fourth-order valence-corrected chi connectivity index (χ4v) is 11.0. The van der Waals surface area contributed by atoms with Crippen molar-refractivity contribution in [2.45, 2.75) is 12.8 Å². The number of benzene rings is 11. The molecule has 320 valence electrons. The Balaban J connectivity index is 1.15. The van der Waals surface area contributed by atoms with E-state index in [0.29, 0.717) is 0 Å². The molecule has 0 fully saturated rings. The van der Waals surface area contributed by atoms with E-state index < -0.39 is 0 Å². The van der Waals surface area contributed by atoms with Crippen LogP contribution in [-0.2, 0) is 0 Å². The second-order valence-electron chi connectivity index (χ2n) is 17.9. The van der Waals surface area contributed by atoms with Crippen LogP contribution < -0.4 is 19.3 Å². The molecule has 11 aromatic carbocycles. The summed E-state index contributed by atoms with van der Waals surface area (Å²) in [7, 11) is 0. The minimum Gasteiger partial charge on any atom is -0.457 e. The fraction of sp³-hybridized carbons (Fsp3) is 0.0312. The first-order chi connectivity index (χ1) is 33.7. The Morgan fingerprint density at radius 2 is 0.882 bits per heavy atom. The predicted molar refractivity (Wildman–Crippen MR) is 282 cm³/mol. The molecule has 0 atom stereocenters. The zero-order valence-corrected chi connectivity index (χ0v) is 37.1. The van der Waals surface area contributed by atoms with Crippen molar-refractivity contribution in [3.05, 3.63) is 242 Å². The number of nitrogens with zero attached hydrogens (tertiary/aromatic N) is 2. The van der Waals surface area contributed by atoms with Crippen molar-refractivity contribution < 1.29 is 9.47 Å². The molecule has 0 bridgehead atoms. The minimum atomic E-state index is 0.826. The summed E-state index contributed by atoms with van der Waals surface area (Å²) >= 11 is 0. The highest BCUT2D eigenvalue weighted by Gasteiger charge is 2.31. The Hall–Kier alpha value is -8.86. The molecule has 4 heteroatoms. The molecular weight excluding hydrogens is 829 g/mol. The highest BCUT2D eigenvalue weighted by Crippen LogP contribution is 2.55. The SMILES string of the molecule is C1=CC2=C(CC1)Oc1ccccc1N2c1ccc2c(-c3cccc4ccccc34)c3cc(N4c5ccccc5Oc5ccccc54)ccc3c(-c3cc4ccccc4cc3-c3ccccc3)c2c1. The minimum absolute atomic E-state index is 0.826. The van der Waals surface area contributed by atoms with Crippen molar-refractivity contribution in [1.29, 1.82) is 0 Å². The number of fused-ring (bicyclic) bond motifs is 7. The summed E-state index contributed by atoms with van der Waals surface area (Å²) in [5.41, 5.74) is 13.4. The number of hydrogen-bond donors (Lipinski definition) is 0. The van der Waals surface area contributed by atoms with Gasteiger partial charge in [-0.3, -0.25) is 0 Å². The van der Waals surface area contributed by atoms with Gasteiger partial charge in [0.1, 0.15) is 5.76 Å². The third-order valence-corrected chi connectivity index (χ3v) is 14.0. The summed E-state index contributed by atoms with van der Waals surface area (Å²) in [6.07, 6.45) is 6.31. The quantitative estimate of drug-likeness (QED) is 0.161.